The van der Waals surface area contributed by atoms with E-state index in [1.807, 2.05) is 127 Å². The van der Waals surface area contributed by atoms with Crippen molar-refractivity contribution in [1.82, 2.24) is 10.5 Å². The first kappa shape index (κ1) is 26.3. The highest BCUT2D eigenvalue weighted by Crippen LogP contribution is 2.24. The van der Waals surface area contributed by atoms with Crippen molar-refractivity contribution < 1.29 is 13.7 Å². The third kappa shape index (κ3) is 5.82. The van der Waals surface area contributed by atoms with Crippen LogP contribution in [-0.4, -0.2) is 20.5 Å². The molecule has 0 bridgehead atoms. The van der Waals surface area contributed by atoms with Crippen LogP contribution >= 0.6 is 0 Å². The minimum absolute atomic E-state index is 0.552. The summed E-state index contributed by atoms with van der Waals surface area (Å²) in [4.78, 5) is 0. The molecule has 5 nitrogen and oxygen atoms in total. The van der Waals surface area contributed by atoms with Gasteiger partial charge in [0.25, 0.3) is 13.4 Å². The molecule has 2 N–H and O–H groups in total. The number of rotatable bonds is 9. The van der Waals surface area contributed by atoms with Crippen molar-refractivity contribution in [2.75, 3.05) is 0 Å². The van der Waals surface area contributed by atoms with E-state index in [2.05, 4.69) is 34.7 Å². The Balaban J connectivity index is 1.48. The molecule has 1 saturated heterocycles. The fourth-order valence-corrected chi connectivity index (χ4v) is 5.33. The summed E-state index contributed by atoms with van der Waals surface area (Å²) < 4.78 is 20.9. The summed E-state index contributed by atoms with van der Waals surface area (Å²) in [5.74, 6) is 0. The standard InChI is InChI=1S/C32H31B3N2O3/c1-6-16-28(17-7-1)26-36-34(31-22-12-4-13-23-31)38-33(30-20-10-3-11-21-30)39-35(40-34,32-24-14-5-15-25-32)37-27-29-18-8-2-9-19-29/h1-25,36-37H,26-27H2/q-2/t34-,35-/m0/s1. The Kier molecular flexibility index (Phi) is 7.96. The second kappa shape index (κ2) is 12.1. The molecule has 6 rings (SSSR count). The van der Waals surface area contributed by atoms with Gasteiger partial charge in [-0.2, -0.15) is 0 Å². The first-order chi connectivity index (χ1) is 19.7. The molecular formula is C32H31B3N2O3-2. The van der Waals surface area contributed by atoms with Gasteiger partial charge in [-0.15, -0.1) is 10.9 Å². The first-order valence-corrected chi connectivity index (χ1v) is 13.8. The summed E-state index contributed by atoms with van der Waals surface area (Å²) in [5.41, 5.74) is 4.99. The Morgan fingerprint density at radius 1 is 0.450 bits per heavy atom. The van der Waals surface area contributed by atoms with Crippen molar-refractivity contribution in [1.29, 1.82) is 0 Å². The van der Waals surface area contributed by atoms with Gasteiger partial charge in [0.1, 0.15) is 0 Å². The van der Waals surface area contributed by atoms with Crippen LogP contribution in [0.15, 0.2) is 152 Å². The molecule has 0 aliphatic carbocycles. The fraction of sp³-hybridized carbons (Fsp3) is 0.0625. The number of hydrogen-bond donors (Lipinski definition) is 2. The van der Waals surface area contributed by atoms with Gasteiger partial charge in [-0.05, 0) is 29.7 Å². The van der Waals surface area contributed by atoms with Crippen molar-refractivity contribution in [2.24, 2.45) is 0 Å². The lowest BCUT2D eigenvalue weighted by Crippen LogP contribution is -2.83. The van der Waals surface area contributed by atoms with E-state index in [0.29, 0.717) is 13.1 Å². The molecule has 2 atom stereocenters. The molecule has 0 spiro atoms. The molecule has 40 heavy (non-hydrogen) atoms. The van der Waals surface area contributed by atoms with Crippen molar-refractivity contribution in [3.8, 4) is 0 Å². The molecule has 0 saturated carbocycles. The van der Waals surface area contributed by atoms with E-state index in [1.54, 1.807) is 0 Å². The third-order valence-corrected chi connectivity index (χ3v) is 7.40. The molecule has 5 aromatic carbocycles. The van der Waals surface area contributed by atoms with E-state index in [-0.39, 0.29) is 0 Å². The SMILES string of the molecule is c1ccc(CN[B@@-]2(c3ccccc3)OB(c3ccccc3)O[B@@-](NCc3ccccc3)(c3ccccc3)O2)cc1. The third-order valence-electron chi connectivity index (χ3n) is 7.40. The fourth-order valence-electron chi connectivity index (χ4n) is 5.33. The summed E-state index contributed by atoms with van der Waals surface area (Å²) >= 11 is 0. The van der Waals surface area contributed by atoms with E-state index >= 15 is 0 Å². The van der Waals surface area contributed by atoms with Gasteiger partial charge in [0.2, 0.25) is 0 Å². The van der Waals surface area contributed by atoms with Gasteiger partial charge in [-0.25, -0.2) is 0 Å². The van der Waals surface area contributed by atoms with Crippen molar-refractivity contribution in [3.05, 3.63) is 163 Å². The summed E-state index contributed by atoms with van der Waals surface area (Å²) in [5, 5.41) is 7.41. The molecule has 1 aliphatic heterocycles. The van der Waals surface area contributed by atoms with E-state index in [9.17, 15) is 0 Å². The Morgan fingerprint density at radius 3 is 1.20 bits per heavy atom. The molecule has 1 fully saturated rings. The Bertz CT molecular complexity index is 1390. The Hall–Kier alpha value is -3.91. The summed E-state index contributed by atoms with van der Waals surface area (Å²) in [6.07, 6.45) is 0. The molecular weight excluding hydrogens is 493 g/mol. The van der Waals surface area contributed by atoms with Crippen LogP contribution in [0, 0.1) is 0 Å². The van der Waals surface area contributed by atoms with E-state index in [1.165, 1.54) is 0 Å². The average Bonchev–Trinajstić information content (AvgIpc) is 3.05. The average molecular weight is 524 g/mol. The van der Waals surface area contributed by atoms with Gasteiger partial charge in [0, 0.05) is 0 Å². The molecule has 0 amide bonds. The van der Waals surface area contributed by atoms with Crippen LogP contribution in [0.4, 0.5) is 0 Å². The van der Waals surface area contributed by atoms with Crippen molar-refractivity contribution in [3.63, 3.8) is 0 Å². The minimum atomic E-state index is -2.24. The molecule has 1 heterocycles. The van der Waals surface area contributed by atoms with E-state index < -0.39 is 20.5 Å². The summed E-state index contributed by atoms with van der Waals surface area (Å²) in [6, 6.07) is 50.9. The van der Waals surface area contributed by atoms with Crippen LogP contribution in [0.2, 0.25) is 0 Å². The lowest BCUT2D eigenvalue weighted by molar-refractivity contribution is 0.239. The van der Waals surface area contributed by atoms with E-state index in [4.69, 9.17) is 13.7 Å². The van der Waals surface area contributed by atoms with Crippen molar-refractivity contribution >= 4 is 36.9 Å². The largest absolute Gasteiger partial charge is 0.743 e. The predicted molar refractivity (Wildman–Crippen MR) is 165 cm³/mol. The van der Waals surface area contributed by atoms with Gasteiger partial charge < -0.3 is 24.2 Å². The van der Waals surface area contributed by atoms with Crippen LogP contribution in [0.25, 0.3) is 0 Å². The van der Waals surface area contributed by atoms with Crippen LogP contribution in [0.3, 0.4) is 0 Å². The molecule has 5 aromatic rings. The zero-order chi connectivity index (χ0) is 27.1. The quantitative estimate of drug-likeness (QED) is 0.288. The zero-order valence-corrected chi connectivity index (χ0v) is 22.3. The Morgan fingerprint density at radius 2 is 0.800 bits per heavy atom. The van der Waals surface area contributed by atoms with Crippen LogP contribution in [0.5, 0.6) is 0 Å². The highest BCUT2D eigenvalue weighted by molar-refractivity contribution is 6.99. The highest BCUT2D eigenvalue weighted by atomic mass is 16.7. The minimum Gasteiger partial charge on any atom is -0.743 e. The number of nitrogens with one attached hydrogen (secondary N) is 2. The maximum absolute atomic E-state index is 7.19. The second-order valence-electron chi connectivity index (χ2n) is 10.1. The molecule has 0 unspecified atom stereocenters. The van der Waals surface area contributed by atoms with Crippen LogP contribution in [0.1, 0.15) is 11.1 Å². The van der Waals surface area contributed by atoms with Gasteiger partial charge in [-0.1, -0.05) is 152 Å². The van der Waals surface area contributed by atoms with Crippen molar-refractivity contribution in [2.45, 2.75) is 13.1 Å². The normalized spacial score (nSPS) is 20.8. The number of benzene rings is 5. The maximum Gasteiger partial charge on any atom is 0.407 e. The molecule has 8 heteroatoms. The number of hydrogen-bond acceptors (Lipinski definition) is 5. The molecule has 198 valence electrons. The van der Waals surface area contributed by atoms with Gasteiger partial charge in [-0.3, -0.25) is 0 Å². The zero-order valence-electron chi connectivity index (χ0n) is 22.3. The topological polar surface area (TPSA) is 51.8 Å². The first-order valence-electron chi connectivity index (χ1n) is 13.8. The van der Waals surface area contributed by atoms with Crippen LogP contribution < -0.4 is 26.8 Å². The molecule has 0 radical (unpaired) electrons. The smallest absolute Gasteiger partial charge is 0.407 e. The van der Waals surface area contributed by atoms with Gasteiger partial charge >= 0.3 is 7.12 Å². The maximum atomic E-state index is 7.19. The molecule has 0 aromatic heterocycles. The van der Waals surface area contributed by atoms with Gasteiger partial charge in [0.15, 0.2) is 0 Å². The predicted octanol–water partition coefficient (Wildman–Crippen LogP) is 3.72. The summed E-state index contributed by atoms with van der Waals surface area (Å²) in [7, 11) is -0.693. The van der Waals surface area contributed by atoms with Crippen LogP contribution in [-0.2, 0) is 26.8 Å². The Labute approximate surface area is 236 Å². The lowest BCUT2D eigenvalue weighted by Gasteiger charge is -2.64. The van der Waals surface area contributed by atoms with Gasteiger partial charge in [0.05, 0.1) is 0 Å². The molecule has 1 aliphatic rings. The monoisotopic (exact) mass is 524 g/mol. The van der Waals surface area contributed by atoms with E-state index in [0.717, 1.165) is 27.5 Å². The lowest BCUT2D eigenvalue weighted by atomic mass is 9.49. The second-order valence-corrected chi connectivity index (χ2v) is 10.1. The highest BCUT2D eigenvalue weighted by Gasteiger charge is 2.46. The summed E-state index contributed by atoms with van der Waals surface area (Å²) in [6.45, 7) is -3.37.